The maximum absolute atomic E-state index is 12.2. The third-order valence-corrected chi connectivity index (χ3v) is 5.08. The van der Waals surface area contributed by atoms with Gasteiger partial charge < -0.3 is 10.1 Å². The highest BCUT2D eigenvalue weighted by atomic mass is 35.5. The third kappa shape index (κ3) is 3.98. The Balaban J connectivity index is 1.81. The summed E-state index contributed by atoms with van der Waals surface area (Å²) in [7, 11) is 1.33. The molecule has 0 radical (unpaired) electrons. The van der Waals surface area contributed by atoms with E-state index in [4.69, 9.17) is 11.6 Å². The molecule has 0 bridgehead atoms. The Morgan fingerprint density at radius 1 is 1.23 bits per heavy atom. The first-order valence-corrected chi connectivity index (χ1v) is 8.90. The number of hydrogen-bond donors (Lipinski definition) is 1. The smallest absolute Gasteiger partial charge is 0.337 e. The lowest BCUT2D eigenvalue weighted by Crippen LogP contribution is -2.19. The van der Waals surface area contributed by atoms with Crippen LogP contribution in [0.4, 0.5) is 5.69 Å². The number of methoxy groups -OCH3 is 1. The number of aliphatic imine (C=N–C) groups is 1. The van der Waals surface area contributed by atoms with Gasteiger partial charge >= 0.3 is 5.97 Å². The highest BCUT2D eigenvalue weighted by molar-refractivity contribution is 8.18. The molecule has 1 fully saturated rings. The summed E-state index contributed by atoms with van der Waals surface area (Å²) in [5, 5.41) is 3.76. The second-order valence-corrected chi connectivity index (χ2v) is 6.91. The number of thioether (sulfide) groups is 1. The van der Waals surface area contributed by atoms with Crippen molar-refractivity contribution in [1.82, 2.24) is 5.32 Å². The van der Waals surface area contributed by atoms with Crippen molar-refractivity contribution in [2.24, 2.45) is 4.99 Å². The molecular formula is C19H15ClN2O3S. The molecule has 2 aromatic carbocycles. The number of benzene rings is 2. The standard InChI is InChI=1S/C19H15ClN2O3S/c1-11-4-3-5-14(16(11)20)21-19-22-17(23)15(26-19)10-12-6-8-13(9-7-12)18(24)25-2/h3-10H,1-2H3,(H,21,22,23)/b15-10-. The van der Waals surface area contributed by atoms with Crippen LogP contribution in [0.15, 0.2) is 52.4 Å². The van der Waals surface area contributed by atoms with Gasteiger partial charge in [-0.05, 0) is 54.1 Å². The number of halogens is 1. The van der Waals surface area contributed by atoms with E-state index >= 15 is 0 Å². The molecule has 26 heavy (non-hydrogen) atoms. The molecule has 132 valence electrons. The van der Waals surface area contributed by atoms with Gasteiger partial charge in [-0.1, -0.05) is 35.9 Å². The number of carbonyl (C=O) groups excluding carboxylic acids is 2. The molecule has 0 saturated carbocycles. The number of carbonyl (C=O) groups is 2. The Morgan fingerprint density at radius 3 is 2.65 bits per heavy atom. The van der Waals surface area contributed by atoms with Crippen molar-refractivity contribution in [3.8, 4) is 0 Å². The number of ether oxygens (including phenoxy) is 1. The van der Waals surface area contributed by atoms with Crippen molar-refractivity contribution >= 4 is 52.2 Å². The Kier molecular flexibility index (Phi) is 5.44. The van der Waals surface area contributed by atoms with Crippen LogP contribution in [-0.4, -0.2) is 24.2 Å². The normalized spacial score (nSPS) is 16.8. The second kappa shape index (κ2) is 7.76. The predicted molar refractivity (Wildman–Crippen MR) is 105 cm³/mol. The topological polar surface area (TPSA) is 67.8 Å². The Hall–Kier alpha value is -2.57. The van der Waals surface area contributed by atoms with E-state index in [9.17, 15) is 9.59 Å². The van der Waals surface area contributed by atoms with Gasteiger partial charge in [-0.15, -0.1) is 0 Å². The van der Waals surface area contributed by atoms with E-state index in [0.717, 1.165) is 11.1 Å². The van der Waals surface area contributed by atoms with Gasteiger partial charge in [0.2, 0.25) is 0 Å². The molecule has 5 nitrogen and oxygen atoms in total. The molecule has 0 aliphatic carbocycles. The van der Waals surface area contributed by atoms with Gasteiger partial charge in [-0.2, -0.15) is 0 Å². The fourth-order valence-corrected chi connectivity index (χ4v) is 3.30. The third-order valence-electron chi connectivity index (χ3n) is 3.67. The van der Waals surface area contributed by atoms with E-state index in [1.807, 2.05) is 19.1 Å². The fraction of sp³-hybridized carbons (Fsp3) is 0.105. The van der Waals surface area contributed by atoms with E-state index in [1.54, 1.807) is 36.4 Å². The lowest BCUT2D eigenvalue weighted by Gasteiger charge is -2.02. The molecule has 3 rings (SSSR count). The number of aryl methyl sites for hydroxylation is 1. The average molecular weight is 387 g/mol. The van der Waals surface area contributed by atoms with E-state index in [1.165, 1.54) is 18.9 Å². The first kappa shape index (κ1) is 18.2. The molecule has 0 aromatic heterocycles. The Bertz CT molecular complexity index is 936. The van der Waals surface area contributed by atoms with E-state index in [0.29, 0.717) is 26.3 Å². The summed E-state index contributed by atoms with van der Waals surface area (Å²) in [5.74, 6) is -0.629. The first-order chi connectivity index (χ1) is 12.5. The molecule has 7 heteroatoms. The zero-order chi connectivity index (χ0) is 18.7. The summed E-state index contributed by atoms with van der Waals surface area (Å²) in [5.41, 5.74) is 2.78. The summed E-state index contributed by atoms with van der Waals surface area (Å²) in [6, 6.07) is 12.4. The molecule has 1 saturated heterocycles. The molecule has 1 heterocycles. The summed E-state index contributed by atoms with van der Waals surface area (Å²) in [6.45, 7) is 1.90. The van der Waals surface area contributed by atoms with Crippen LogP contribution < -0.4 is 5.32 Å². The molecular weight excluding hydrogens is 372 g/mol. The van der Waals surface area contributed by atoms with Crippen molar-refractivity contribution in [2.45, 2.75) is 6.92 Å². The first-order valence-electron chi connectivity index (χ1n) is 7.71. The lowest BCUT2D eigenvalue weighted by molar-refractivity contribution is -0.115. The maximum atomic E-state index is 12.2. The number of nitrogens with zero attached hydrogens (tertiary/aromatic N) is 1. The van der Waals surface area contributed by atoms with Crippen LogP contribution >= 0.6 is 23.4 Å². The summed E-state index contributed by atoms with van der Waals surface area (Å²) >= 11 is 7.48. The van der Waals surface area contributed by atoms with Crippen LogP contribution in [0.2, 0.25) is 5.02 Å². The van der Waals surface area contributed by atoms with E-state index < -0.39 is 5.97 Å². The summed E-state index contributed by atoms with van der Waals surface area (Å²) in [6.07, 6.45) is 1.74. The highest BCUT2D eigenvalue weighted by Gasteiger charge is 2.24. The second-order valence-electron chi connectivity index (χ2n) is 5.50. The molecule has 0 unspecified atom stereocenters. The van der Waals surface area contributed by atoms with E-state index in [-0.39, 0.29) is 5.91 Å². The van der Waals surface area contributed by atoms with Gasteiger partial charge in [0.05, 0.1) is 28.3 Å². The van der Waals surface area contributed by atoms with Gasteiger partial charge in [-0.3, -0.25) is 4.79 Å². The molecule has 0 spiro atoms. The Morgan fingerprint density at radius 2 is 1.96 bits per heavy atom. The number of rotatable bonds is 3. The minimum absolute atomic E-state index is 0.227. The highest BCUT2D eigenvalue weighted by Crippen LogP contribution is 2.32. The number of nitrogens with one attached hydrogen (secondary N) is 1. The molecule has 1 N–H and O–H groups in total. The molecule has 0 atom stereocenters. The molecule has 2 aromatic rings. The molecule has 1 aliphatic heterocycles. The van der Waals surface area contributed by atoms with Gasteiger partial charge in [0.25, 0.3) is 5.91 Å². The summed E-state index contributed by atoms with van der Waals surface area (Å²) < 4.78 is 4.67. The number of esters is 1. The van der Waals surface area contributed by atoms with Crippen molar-refractivity contribution in [2.75, 3.05) is 7.11 Å². The van der Waals surface area contributed by atoms with Crippen LogP contribution in [0.1, 0.15) is 21.5 Å². The Labute approximate surface area is 160 Å². The van der Waals surface area contributed by atoms with Crippen LogP contribution in [0.25, 0.3) is 6.08 Å². The minimum atomic E-state index is -0.401. The molecule has 1 aliphatic rings. The number of hydrogen-bond acceptors (Lipinski definition) is 5. The largest absolute Gasteiger partial charge is 0.465 e. The zero-order valence-electron chi connectivity index (χ0n) is 14.1. The number of amidine groups is 1. The van der Waals surface area contributed by atoms with Crippen LogP contribution in [0, 0.1) is 6.92 Å². The van der Waals surface area contributed by atoms with Crippen molar-refractivity contribution in [1.29, 1.82) is 0 Å². The minimum Gasteiger partial charge on any atom is -0.465 e. The van der Waals surface area contributed by atoms with Crippen LogP contribution in [-0.2, 0) is 9.53 Å². The van der Waals surface area contributed by atoms with Gasteiger partial charge in [0.15, 0.2) is 5.17 Å². The van der Waals surface area contributed by atoms with Crippen LogP contribution in [0.5, 0.6) is 0 Å². The molecule has 1 amide bonds. The lowest BCUT2D eigenvalue weighted by atomic mass is 10.1. The van der Waals surface area contributed by atoms with E-state index in [2.05, 4.69) is 15.0 Å². The van der Waals surface area contributed by atoms with Crippen molar-refractivity contribution < 1.29 is 14.3 Å². The maximum Gasteiger partial charge on any atom is 0.337 e. The fourth-order valence-electron chi connectivity index (χ4n) is 2.29. The predicted octanol–water partition coefficient (Wildman–Crippen LogP) is 4.33. The summed E-state index contributed by atoms with van der Waals surface area (Å²) in [4.78, 5) is 28.6. The van der Waals surface area contributed by atoms with Gasteiger partial charge in [0, 0.05) is 0 Å². The average Bonchev–Trinajstić information content (AvgIpc) is 2.98. The van der Waals surface area contributed by atoms with Gasteiger partial charge in [0.1, 0.15) is 0 Å². The van der Waals surface area contributed by atoms with Gasteiger partial charge in [-0.25, -0.2) is 9.79 Å². The van der Waals surface area contributed by atoms with Crippen LogP contribution in [0.3, 0.4) is 0 Å². The number of amides is 1. The monoisotopic (exact) mass is 386 g/mol. The van der Waals surface area contributed by atoms with Crippen molar-refractivity contribution in [3.05, 3.63) is 69.1 Å². The SMILES string of the molecule is COC(=O)c1ccc(/C=C2\SC(=Nc3cccc(C)c3Cl)NC2=O)cc1. The van der Waals surface area contributed by atoms with Crippen molar-refractivity contribution in [3.63, 3.8) is 0 Å². The zero-order valence-corrected chi connectivity index (χ0v) is 15.6. The quantitative estimate of drug-likeness (QED) is 0.629.